The summed E-state index contributed by atoms with van der Waals surface area (Å²) in [6.45, 7) is 5.43. The van der Waals surface area contributed by atoms with Crippen molar-refractivity contribution in [3.8, 4) is 0 Å². The highest BCUT2D eigenvalue weighted by Gasteiger charge is 2.12. The predicted molar refractivity (Wildman–Crippen MR) is 74.5 cm³/mol. The van der Waals surface area contributed by atoms with Crippen LogP contribution < -0.4 is 10.6 Å². The SMILES string of the molecule is Cc1noc(CNC(=O)NC(C)CCCC(C)C(=O)O)n1. The van der Waals surface area contributed by atoms with Gasteiger partial charge >= 0.3 is 12.0 Å². The van der Waals surface area contributed by atoms with Crippen molar-refractivity contribution in [3.05, 3.63) is 11.7 Å². The summed E-state index contributed by atoms with van der Waals surface area (Å²) in [5.41, 5.74) is 0. The highest BCUT2D eigenvalue weighted by Crippen LogP contribution is 2.09. The minimum Gasteiger partial charge on any atom is -0.481 e. The van der Waals surface area contributed by atoms with Gasteiger partial charge in [0.05, 0.1) is 12.5 Å². The Morgan fingerprint density at radius 3 is 2.62 bits per heavy atom. The lowest BCUT2D eigenvalue weighted by atomic mass is 10.0. The number of carboxylic acid groups (broad SMARTS) is 1. The Morgan fingerprint density at radius 2 is 2.05 bits per heavy atom. The molecule has 8 heteroatoms. The van der Waals surface area contributed by atoms with Gasteiger partial charge in [-0.25, -0.2) is 4.79 Å². The van der Waals surface area contributed by atoms with Gasteiger partial charge in [0.1, 0.15) is 0 Å². The molecule has 2 atom stereocenters. The lowest BCUT2D eigenvalue weighted by Gasteiger charge is -2.14. The van der Waals surface area contributed by atoms with E-state index in [-0.39, 0.29) is 24.5 Å². The van der Waals surface area contributed by atoms with E-state index in [2.05, 4.69) is 20.8 Å². The van der Waals surface area contributed by atoms with Crippen molar-refractivity contribution in [2.75, 3.05) is 0 Å². The monoisotopic (exact) mass is 298 g/mol. The summed E-state index contributed by atoms with van der Waals surface area (Å²) in [6, 6.07) is -0.347. The summed E-state index contributed by atoms with van der Waals surface area (Å²) in [7, 11) is 0. The molecule has 2 unspecified atom stereocenters. The second-order valence-electron chi connectivity index (χ2n) is 5.13. The van der Waals surface area contributed by atoms with Crippen LogP contribution in [0.15, 0.2) is 4.52 Å². The molecule has 21 heavy (non-hydrogen) atoms. The summed E-state index contributed by atoms with van der Waals surface area (Å²) in [5, 5.41) is 17.8. The van der Waals surface area contributed by atoms with Crippen LogP contribution in [0.5, 0.6) is 0 Å². The molecule has 0 aliphatic carbocycles. The molecule has 0 saturated heterocycles. The Kier molecular flexibility index (Phi) is 6.64. The van der Waals surface area contributed by atoms with Crippen LogP contribution in [-0.2, 0) is 11.3 Å². The fourth-order valence-electron chi connectivity index (χ4n) is 1.77. The van der Waals surface area contributed by atoms with Gasteiger partial charge in [0.15, 0.2) is 5.82 Å². The number of carboxylic acids is 1. The lowest BCUT2D eigenvalue weighted by molar-refractivity contribution is -0.141. The maximum absolute atomic E-state index is 11.6. The molecule has 0 radical (unpaired) electrons. The van der Waals surface area contributed by atoms with Crippen LogP contribution in [0.3, 0.4) is 0 Å². The van der Waals surface area contributed by atoms with Gasteiger partial charge in [0.25, 0.3) is 0 Å². The Bertz CT molecular complexity index is 474. The third-order valence-electron chi connectivity index (χ3n) is 3.04. The van der Waals surface area contributed by atoms with Gasteiger partial charge in [-0.15, -0.1) is 0 Å². The quantitative estimate of drug-likeness (QED) is 0.668. The fourth-order valence-corrected chi connectivity index (χ4v) is 1.77. The van der Waals surface area contributed by atoms with Gasteiger partial charge in [0.2, 0.25) is 5.89 Å². The molecule has 0 saturated carbocycles. The summed E-state index contributed by atoms with van der Waals surface area (Å²) in [5.74, 6) is -0.270. The number of nitrogens with zero attached hydrogens (tertiary/aromatic N) is 2. The fraction of sp³-hybridized carbons (Fsp3) is 0.692. The van der Waals surface area contributed by atoms with Crippen molar-refractivity contribution in [1.82, 2.24) is 20.8 Å². The van der Waals surface area contributed by atoms with Gasteiger partial charge in [-0.1, -0.05) is 18.5 Å². The molecule has 1 heterocycles. The van der Waals surface area contributed by atoms with E-state index in [1.807, 2.05) is 6.92 Å². The highest BCUT2D eigenvalue weighted by molar-refractivity contribution is 5.74. The third-order valence-corrected chi connectivity index (χ3v) is 3.04. The first kappa shape index (κ1) is 16.9. The number of aliphatic carboxylic acids is 1. The largest absolute Gasteiger partial charge is 0.481 e. The third kappa shape index (κ3) is 6.73. The van der Waals surface area contributed by atoms with Crippen LogP contribution in [0.1, 0.15) is 44.8 Å². The maximum atomic E-state index is 11.6. The number of hydrogen-bond donors (Lipinski definition) is 3. The number of amides is 2. The molecule has 118 valence electrons. The van der Waals surface area contributed by atoms with E-state index in [1.165, 1.54) is 0 Å². The maximum Gasteiger partial charge on any atom is 0.315 e. The first-order valence-electron chi connectivity index (χ1n) is 6.95. The zero-order chi connectivity index (χ0) is 15.8. The van der Waals surface area contributed by atoms with Crippen molar-refractivity contribution >= 4 is 12.0 Å². The van der Waals surface area contributed by atoms with E-state index in [0.29, 0.717) is 18.1 Å². The molecule has 1 aromatic rings. The first-order chi connectivity index (χ1) is 9.88. The molecular weight excluding hydrogens is 276 g/mol. The van der Waals surface area contributed by atoms with Gasteiger partial charge < -0.3 is 20.3 Å². The lowest BCUT2D eigenvalue weighted by Crippen LogP contribution is -2.40. The molecule has 3 N–H and O–H groups in total. The summed E-state index contributed by atoms with van der Waals surface area (Å²) < 4.78 is 4.87. The molecule has 0 aromatic carbocycles. The molecule has 0 aliphatic rings. The minimum atomic E-state index is -0.789. The molecule has 2 amide bonds. The Hall–Kier alpha value is -2.12. The van der Waals surface area contributed by atoms with E-state index in [0.717, 1.165) is 12.8 Å². The molecule has 0 spiro atoms. The second kappa shape index (κ2) is 8.23. The Balaban J connectivity index is 2.17. The van der Waals surface area contributed by atoms with Crippen LogP contribution in [0.25, 0.3) is 0 Å². The van der Waals surface area contributed by atoms with E-state index in [4.69, 9.17) is 9.63 Å². The van der Waals surface area contributed by atoms with E-state index < -0.39 is 5.97 Å². The molecule has 1 aromatic heterocycles. The number of urea groups is 1. The van der Waals surface area contributed by atoms with Crippen molar-refractivity contribution < 1.29 is 19.2 Å². The van der Waals surface area contributed by atoms with Crippen LogP contribution in [0, 0.1) is 12.8 Å². The van der Waals surface area contributed by atoms with Gasteiger partial charge in [-0.2, -0.15) is 4.98 Å². The smallest absolute Gasteiger partial charge is 0.315 e. The van der Waals surface area contributed by atoms with Gasteiger partial charge in [-0.3, -0.25) is 4.79 Å². The van der Waals surface area contributed by atoms with Crippen LogP contribution in [0.2, 0.25) is 0 Å². The summed E-state index contributed by atoms with van der Waals surface area (Å²) >= 11 is 0. The molecule has 8 nitrogen and oxygen atoms in total. The molecule has 0 aliphatic heterocycles. The number of hydrogen-bond acceptors (Lipinski definition) is 5. The topological polar surface area (TPSA) is 117 Å². The highest BCUT2D eigenvalue weighted by atomic mass is 16.5. The molecule has 0 bridgehead atoms. The van der Waals surface area contributed by atoms with Crippen molar-refractivity contribution in [2.24, 2.45) is 5.92 Å². The zero-order valence-electron chi connectivity index (χ0n) is 12.5. The number of nitrogens with one attached hydrogen (secondary N) is 2. The minimum absolute atomic E-state index is 0.0320. The number of carbonyl (C=O) groups is 2. The van der Waals surface area contributed by atoms with Crippen molar-refractivity contribution in [3.63, 3.8) is 0 Å². The van der Waals surface area contributed by atoms with E-state index in [9.17, 15) is 9.59 Å². The number of carbonyl (C=O) groups excluding carboxylic acids is 1. The van der Waals surface area contributed by atoms with Crippen LogP contribution in [0.4, 0.5) is 4.79 Å². The second-order valence-corrected chi connectivity index (χ2v) is 5.13. The van der Waals surface area contributed by atoms with Crippen molar-refractivity contribution in [1.29, 1.82) is 0 Å². The van der Waals surface area contributed by atoms with Gasteiger partial charge in [-0.05, 0) is 26.7 Å². The van der Waals surface area contributed by atoms with Gasteiger partial charge in [0, 0.05) is 6.04 Å². The van der Waals surface area contributed by atoms with Crippen LogP contribution in [-0.4, -0.2) is 33.3 Å². The average Bonchev–Trinajstić information content (AvgIpc) is 2.82. The number of aromatic nitrogens is 2. The summed E-state index contributed by atoms with van der Waals surface area (Å²) in [6.07, 6.45) is 2.08. The summed E-state index contributed by atoms with van der Waals surface area (Å²) in [4.78, 5) is 26.3. The standard InChI is InChI=1S/C13H22N4O4/c1-8(12(18)19)5-4-6-9(2)15-13(20)14-7-11-16-10(3)17-21-11/h8-9H,4-7H2,1-3H3,(H,18,19)(H2,14,15,20). The van der Waals surface area contributed by atoms with Crippen molar-refractivity contribution in [2.45, 2.75) is 52.6 Å². The number of rotatable bonds is 8. The van der Waals surface area contributed by atoms with E-state index in [1.54, 1.807) is 13.8 Å². The normalized spacial score (nSPS) is 13.5. The molecule has 0 fully saturated rings. The Labute approximate surface area is 123 Å². The molecular formula is C13H22N4O4. The Morgan fingerprint density at radius 1 is 1.33 bits per heavy atom. The zero-order valence-corrected chi connectivity index (χ0v) is 12.5. The number of aryl methyl sites for hydroxylation is 1. The average molecular weight is 298 g/mol. The van der Waals surface area contributed by atoms with E-state index >= 15 is 0 Å². The predicted octanol–water partition coefficient (Wildman–Crippen LogP) is 1.46. The van der Waals surface area contributed by atoms with Crippen LogP contribution >= 0.6 is 0 Å². The molecule has 1 rings (SSSR count). The first-order valence-corrected chi connectivity index (χ1v) is 6.95.